The van der Waals surface area contributed by atoms with E-state index in [1.807, 2.05) is 0 Å². The van der Waals surface area contributed by atoms with Crippen molar-refractivity contribution in [2.75, 3.05) is 0 Å². The van der Waals surface area contributed by atoms with Gasteiger partial charge in [-0.05, 0) is 29.8 Å². The van der Waals surface area contributed by atoms with Crippen LogP contribution in [0.3, 0.4) is 0 Å². The first-order valence-electron chi connectivity index (χ1n) is 5.92. The van der Waals surface area contributed by atoms with Crippen molar-refractivity contribution in [1.82, 2.24) is 0 Å². The Kier molecular flexibility index (Phi) is 4.46. The minimum absolute atomic E-state index is 0.0268. The monoisotopic (exact) mass is 360 g/mol. The highest BCUT2D eigenvalue weighted by Gasteiger charge is 2.30. The SMILES string of the molecule is O=C(Cc1ccc(F)cc1Br)c1cccc(C(F)(F)F)c1. The molecule has 0 N–H and O–H groups in total. The lowest BCUT2D eigenvalue weighted by Gasteiger charge is -2.09. The fraction of sp³-hybridized carbons (Fsp3) is 0.133. The zero-order valence-electron chi connectivity index (χ0n) is 10.5. The van der Waals surface area contributed by atoms with Crippen molar-refractivity contribution < 1.29 is 22.4 Å². The standard InChI is InChI=1S/C15H9BrF4O/c16-13-8-12(17)5-4-9(13)7-14(21)10-2-1-3-11(6-10)15(18,19)20/h1-6,8H,7H2. The van der Waals surface area contributed by atoms with Crippen molar-refractivity contribution in [2.24, 2.45) is 0 Å². The normalized spacial score (nSPS) is 11.5. The molecule has 0 spiro atoms. The Hall–Kier alpha value is -1.69. The zero-order chi connectivity index (χ0) is 15.6. The predicted octanol–water partition coefficient (Wildman–Crippen LogP) is 5.03. The molecule has 0 saturated carbocycles. The van der Waals surface area contributed by atoms with E-state index in [1.54, 1.807) is 0 Å². The molecule has 0 bridgehead atoms. The highest BCUT2D eigenvalue weighted by Crippen LogP contribution is 2.30. The third-order valence-electron chi connectivity index (χ3n) is 2.88. The summed E-state index contributed by atoms with van der Waals surface area (Å²) in [6.45, 7) is 0. The van der Waals surface area contributed by atoms with Gasteiger partial charge in [-0.25, -0.2) is 4.39 Å². The van der Waals surface area contributed by atoms with E-state index in [0.717, 1.165) is 12.1 Å². The first-order valence-corrected chi connectivity index (χ1v) is 6.71. The third-order valence-corrected chi connectivity index (χ3v) is 3.62. The van der Waals surface area contributed by atoms with Gasteiger partial charge in [-0.15, -0.1) is 0 Å². The molecule has 110 valence electrons. The Labute approximate surface area is 126 Å². The van der Waals surface area contributed by atoms with Crippen LogP contribution in [0.4, 0.5) is 17.6 Å². The molecule has 2 aromatic rings. The number of rotatable bonds is 3. The van der Waals surface area contributed by atoms with Gasteiger partial charge >= 0.3 is 6.18 Å². The Balaban J connectivity index is 2.25. The lowest BCUT2D eigenvalue weighted by molar-refractivity contribution is -0.137. The van der Waals surface area contributed by atoms with Gasteiger partial charge in [0.25, 0.3) is 0 Å². The molecule has 0 heterocycles. The van der Waals surface area contributed by atoms with Crippen LogP contribution in [0.2, 0.25) is 0 Å². The van der Waals surface area contributed by atoms with Crippen LogP contribution in [0.1, 0.15) is 21.5 Å². The van der Waals surface area contributed by atoms with Gasteiger partial charge in [0, 0.05) is 16.5 Å². The number of Topliss-reactive ketones (excluding diaryl/α,β-unsaturated/α-hetero) is 1. The molecule has 2 rings (SSSR count). The van der Waals surface area contributed by atoms with Gasteiger partial charge < -0.3 is 0 Å². The molecule has 0 aliphatic rings. The molecule has 0 amide bonds. The number of carbonyl (C=O) groups is 1. The molecule has 0 aliphatic carbocycles. The number of ketones is 1. The summed E-state index contributed by atoms with van der Waals surface area (Å²) in [6.07, 6.45) is -4.60. The Morgan fingerprint density at radius 3 is 2.43 bits per heavy atom. The summed E-state index contributed by atoms with van der Waals surface area (Å²) in [5.74, 6) is -0.925. The summed E-state index contributed by atoms with van der Waals surface area (Å²) in [7, 11) is 0. The largest absolute Gasteiger partial charge is 0.416 e. The Morgan fingerprint density at radius 2 is 1.81 bits per heavy atom. The number of hydrogen-bond acceptors (Lipinski definition) is 1. The van der Waals surface area contributed by atoms with Gasteiger partial charge in [-0.3, -0.25) is 4.79 Å². The smallest absolute Gasteiger partial charge is 0.294 e. The van der Waals surface area contributed by atoms with E-state index in [-0.39, 0.29) is 12.0 Å². The van der Waals surface area contributed by atoms with E-state index in [9.17, 15) is 22.4 Å². The van der Waals surface area contributed by atoms with Crippen LogP contribution in [0, 0.1) is 5.82 Å². The molecular formula is C15H9BrF4O. The summed E-state index contributed by atoms with van der Waals surface area (Å²) < 4.78 is 51.2. The molecule has 0 radical (unpaired) electrons. The first kappa shape index (κ1) is 15.7. The van der Waals surface area contributed by atoms with Crippen LogP contribution in [0.5, 0.6) is 0 Å². The van der Waals surface area contributed by atoms with Crippen molar-refractivity contribution in [1.29, 1.82) is 0 Å². The molecule has 1 nitrogen and oxygen atoms in total. The van der Waals surface area contributed by atoms with Gasteiger partial charge in [0.1, 0.15) is 5.82 Å². The van der Waals surface area contributed by atoms with Crippen LogP contribution < -0.4 is 0 Å². The van der Waals surface area contributed by atoms with Crippen LogP contribution in [0.15, 0.2) is 46.9 Å². The first-order chi connectivity index (χ1) is 9.77. The molecule has 0 unspecified atom stereocenters. The second kappa shape index (κ2) is 5.97. The topological polar surface area (TPSA) is 17.1 Å². The summed E-state index contributed by atoms with van der Waals surface area (Å²) in [6, 6.07) is 8.06. The van der Waals surface area contributed by atoms with Crippen LogP contribution in [-0.4, -0.2) is 5.78 Å². The molecule has 0 fully saturated rings. The lowest BCUT2D eigenvalue weighted by Crippen LogP contribution is -2.09. The maximum absolute atomic E-state index is 13.0. The van der Waals surface area contributed by atoms with Gasteiger partial charge in [0.15, 0.2) is 5.78 Å². The van der Waals surface area contributed by atoms with Crippen molar-refractivity contribution in [2.45, 2.75) is 12.6 Å². The molecule has 0 aromatic heterocycles. The van der Waals surface area contributed by atoms with Crippen molar-refractivity contribution in [3.8, 4) is 0 Å². The maximum Gasteiger partial charge on any atom is 0.416 e. The van der Waals surface area contributed by atoms with Crippen LogP contribution in [-0.2, 0) is 12.6 Å². The van der Waals surface area contributed by atoms with Gasteiger partial charge in [-0.1, -0.05) is 34.1 Å². The van der Waals surface area contributed by atoms with Gasteiger partial charge in [0.05, 0.1) is 5.56 Å². The highest BCUT2D eigenvalue weighted by atomic mass is 79.9. The zero-order valence-corrected chi connectivity index (χ0v) is 12.1. The quantitative estimate of drug-likeness (QED) is 0.554. The molecule has 6 heteroatoms. The van der Waals surface area contributed by atoms with E-state index in [1.165, 1.54) is 30.3 Å². The highest BCUT2D eigenvalue weighted by molar-refractivity contribution is 9.10. The molecule has 0 atom stereocenters. The predicted molar refractivity (Wildman–Crippen MR) is 73.6 cm³/mol. The average molecular weight is 361 g/mol. The molecule has 21 heavy (non-hydrogen) atoms. The number of hydrogen-bond donors (Lipinski definition) is 0. The van der Waals surface area contributed by atoms with Gasteiger partial charge in [-0.2, -0.15) is 13.2 Å². The maximum atomic E-state index is 13.0. The van der Waals surface area contributed by atoms with Crippen molar-refractivity contribution in [3.63, 3.8) is 0 Å². The fourth-order valence-electron chi connectivity index (χ4n) is 1.81. The molecule has 2 aromatic carbocycles. The van der Waals surface area contributed by atoms with Crippen molar-refractivity contribution in [3.05, 3.63) is 69.4 Å². The lowest BCUT2D eigenvalue weighted by atomic mass is 10.0. The fourth-order valence-corrected chi connectivity index (χ4v) is 2.30. The van der Waals surface area contributed by atoms with E-state index in [2.05, 4.69) is 15.9 Å². The molecule has 0 aliphatic heterocycles. The number of alkyl halides is 3. The van der Waals surface area contributed by atoms with E-state index in [0.29, 0.717) is 10.0 Å². The number of carbonyl (C=O) groups excluding carboxylic acids is 1. The van der Waals surface area contributed by atoms with E-state index in [4.69, 9.17) is 0 Å². The summed E-state index contributed by atoms with van der Waals surface area (Å²) in [4.78, 5) is 12.0. The summed E-state index contributed by atoms with van der Waals surface area (Å²) >= 11 is 3.12. The Bertz CT molecular complexity index is 680. The van der Waals surface area contributed by atoms with Crippen LogP contribution in [0.25, 0.3) is 0 Å². The van der Waals surface area contributed by atoms with E-state index < -0.39 is 23.3 Å². The van der Waals surface area contributed by atoms with Gasteiger partial charge in [0.2, 0.25) is 0 Å². The summed E-state index contributed by atoms with van der Waals surface area (Å²) in [5, 5.41) is 0. The Morgan fingerprint density at radius 1 is 1.10 bits per heavy atom. The van der Waals surface area contributed by atoms with Crippen LogP contribution >= 0.6 is 15.9 Å². The van der Waals surface area contributed by atoms with Crippen molar-refractivity contribution >= 4 is 21.7 Å². The average Bonchev–Trinajstić information content (AvgIpc) is 2.41. The summed E-state index contributed by atoms with van der Waals surface area (Å²) in [5.41, 5.74) is -0.383. The third kappa shape index (κ3) is 3.91. The number of halogens is 5. The molecule has 0 saturated heterocycles. The molecular weight excluding hydrogens is 352 g/mol. The minimum atomic E-state index is -4.49. The second-order valence-corrected chi connectivity index (χ2v) is 5.27. The second-order valence-electron chi connectivity index (χ2n) is 4.41. The number of benzene rings is 2. The van der Waals surface area contributed by atoms with E-state index >= 15 is 0 Å². The minimum Gasteiger partial charge on any atom is -0.294 e.